The van der Waals surface area contributed by atoms with E-state index >= 15 is 0 Å². The number of carbonyl (C=O) groups is 2. The summed E-state index contributed by atoms with van der Waals surface area (Å²) in [5.74, 6) is -0.951. The molecule has 0 aromatic heterocycles. The van der Waals surface area contributed by atoms with Gasteiger partial charge in [0.05, 0.1) is 6.61 Å². The van der Waals surface area contributed by atoms with Gasteiger partial charge in [0.1, 0.15) is 12.1 Å². The quantitative estimate of drug-likeness (QED) is 0.391. The van der Waals surface area contributed by atoms with Crippen molar-refractivity contribution < 1.29 is 19.4 Å². The van der Waals surface area contributed by atoms with Crippen LogP contribution in [0.15, 0.2) is 0 Å². The molecule has 0 saturated carbocycles. The van der Waals surface area contributed by atoms with Crippen LogP contribution in [0.3, 0.4) is 0 Å². The van der Waals surface area contributed by atoms with E-state index in [1.54, 1.807) is 6.92 Å². The number of nitrogens with one attached hydrogen (secondary N) is 2. The molecule has 20 heavy (non-hydrogen) atoms. The van der Waals surface area contributed by atoms with Gasteiger partial charge in [-0.05, 0) is 13.3 Å². The molecule has 2 amide bonds. The summed E-state index contributed by atoms with van der Waals surface area (Å²) in [7, 11) is 1.53. The van der Waals surface area contributed by atoms with E-state index in [1.165, 1.54) is 7.11 Å². The van der Waals surface area contributed by atoms with E-state index in [0.29, 0.717) is 19.6 Å². The van der Waals surface area contributed by atoms with Crippen molar-refractivity contribution in [2.45, 2.75) is 51.3 Å². The fourth-order valence-electron chi connectivity index (χ4n) is 1.59. The summed E-state index contributed by atoms with van der Waals surface area (Å²) in [5, 5.41) is 14.8. The highest BCUT2D eigenvalue weighted by Crippen LogP contribution is 2.03. The monoisotopic (exact) mass is 289 g/mol. The smallest absolute Gasteiger partial charge is 0.251 e. The third kappa shape index (κ3) is 7.42. The molecule has 7 heteroatoms. The number of aliphatic hydroxyl groups is 1. The summed E-state index contributed by atoms with van der Waals surface area (Å²) in [5.41, 5.74) is 5.73. The first-order chi connectivity index (χ1) is 9.43. The number of hydrogen-bond donors (Lipinski definition) is 4. The minimum Gasteiger partial charge on any atom is -0.383 e. The predicted molar refractivity (Wildman–Crippen MR) is 76.0 cm³/mol. The topological polar surface area (TPSA) is 114 Å². The van der Waals surface area contributed by atoms with Crippen LogP contribution in [-0.2, 0) is 14.3 Å². The normalized spacial score (nSPS) is 15.2. The third-order valence-electron chi connectivity index (χ3n) is 2.92. The van der Waals surface area contributed by atoms with E-state index in [4.69, 9.17) is 10.5 Å². The second-order valence-electron chi connectivity index (χ2n) is 4.77. The van der Waals surface area contributed by atoms with Crippen LogP contribution < -0.4 is 16.4 Å². The Morgan fingerprint density at radius 2 is 2.00 bits per heavy atom. The minimum atomic E-state index is -1.30. The second-order valence-corrected chi connectivity index (χ2v) is 4.77. The molecule has 7 nitrogen and oxygen atoms in total. The fourth-order valence-corrected chi connectivity index (χ4v) is 1.59. The van der Waals surface area contributed by atoms with Crippen LogP contribution in [0.1, 0.15) is 33.1 Å². The molecule has 0 aromatic rings. The Balaban J connectivity index is 4.13. The van der Waals surface area contributed by atoms with Crippen LogP contribution in [0.25, 0.3) is 0 Å². The van der Waals surface area contributed by atoms with E-state index in [1.807, 2.05) is 6.92 Å². The molecular formula is C13H27N3O4. The summed E-state index contributed by atoms with van der Waals surface area (Å²) in [6.07, 6.45) is 1.06. The molecule has 0 aliphatic rings. The van der Waals surface area contributed by atoms with Gasteiger partial charge in [0.25, 0.3) is 5.91 Å². The van der Waals surface area contributed by atoms with Gasteiger partial charge in [0.15, 0.2) is 0 Å². The van der Waals surface area contributed by atoms with E-state index in [9.17, 15) is 14.7 Å². The number of rotatable bonds is 10. The zero-order chi connectivity index (χ0) is 15.5. The molecule has 0 aromatic carbocycles. The molecule has 5 N–H and O–H groups in total. The van der Waals surface area contributed by atoms with Crippen LogP contribution in [-0.4, -0.2) is 55.4 Å². The number of nitrogens with two attached hydrogens (primary N) is 1. The lowest BCUT2D eigenvalue weighted by atomic mass is 10.0. The van der Waals surface area contributed by atoms with Gasteiger partial charge in [-0.2, -0.15) is 0 Å². The molecule has 3 atom stereocenters. The van der Waals surface area contributed by atoms with Crippen molar-refractivity contribution in [3.63, 3.8) is 0 Å². The van der Waals surface area contributed by atoms with Gasteiger partial charge in [0, 0.05) is 19.7 Å². The van der Waals surface area contributed by atoms with Crippen molar-refractivity contribution in [1.82, 2.24) is 10.6 Å². The van der Waals surface area contributed by atoms with Crippen molar-refractivity contribution >= 4 is 11.8 Å². The number of ether oxygens (including phenoxy) is 1. The van der Waals surface area contributed by atoms with Crippen molar-refractivity contribution in [2.24, 2.45) is 5.73 Å². The summed E-state index contributed by atoms with van der Waals surface area (Å²) in [6.45, 7) is 4.32. The molecule has 0 fully saturated rings. The zero-order valence-corrected chi connectivity index (χ0v) is 12.5. The molecule has 0 aliphatic heterocycles. The number of aliphatic hydroxyl groups excluding tert-OH is 1. The Kier molecular flexibility index (Phi) is 9.96. The fraction of sp³-hybridized carbons (Fsp3) is 0.846. The summed E-state index contributed by atoms with van der Waals surface area (Å²) in [4.78, 5) is 23.4. The summed E-state index contributed by atoms with van der Waals surface area (Å²) >= 11 is 0. The maximum atomic E-state index is 11.7. The molecular weight excluding hydrogens is 262 g/mol. The molecule has 0 saturated heterocycles. The van der Waals surface area contributed by atoms with Gasteiger partial charge in [-0.3, -0.25) is 9.59 Å². The molecule has 0 unspecified atom stereocenters. The minimum absolute atomic E-state index is 0.329. The Morgan fingerprint density at radius 1 is 1.35 bits per heavy atom. The maximum Gasteiger partial charge on any atom is 0.251 e. The van der Waals surface area contributed by atoms with Gasteiger partial charge in [-0.1, -0.05) is 19.8 Å². The standard InChI is InChI=1S/C13H27N3O4/c1-4-5-6-10(14)11(17)13(19)16-9(2)12(18)15-7-8-20-3/h9-11,17H,4-8,14H2,1-3H3,(H,15,18)(H,16,19)/t9-,10+,11-/m0/s1. The first-order valence-electron chi connectivity index (χ1n) is 6.94. The first-order valence-corrected chi connectivity index (χ1v) is 6.94. The van der Waals surface area contributed by atoms with Crippen molar-refractivity contribution in [2.75, 3.05) is 20.3 Å². The lowest BCUT2D eigenvalue weighted by Crippen LogP contribution is -2.52. The highest BCUT2D eigenvalue weighted by atomic mass is 16.5. The van der Waals surface area contributed by atoms with E-state index < -0.39 is 24.1 Å². The SMILES string of the molecule is CCCC[C@@H](N)[C@H](O)C(=O)N[C@@H](C)C(=O)NCCOC. The van der Waals surface area contributed by atoms with E-state index in [0.717, 1.165) is 12.8 Å². The van der Waals surface area contributed by atoms with E-state index in [2.05, 4.69) is 10.6 Å². The van der Waals surface area contributed by atoms with Gasteiger partial charge in [0.2, 0.25) is 5.91 Å². The molecule has 0 spiro atoms. The number of hydrogen-bond acceptors (Lipinski definition) is 5. The van der Waals surface area contributed by atoms with Crippen LogP contribution in [0.4, 0.5) is 0 Å². The summed E-state index contributed by atoms with van der Waals surface area (Å²) in [6, 6.07) is -1.34. The number of carbonyl (C=O) groups excluding carboxylic acids is 2. The van der Waals surface area contributed by atoms with E-state index in [-0.39, 0.29) is 5.91 Å². The predicted octanol–water partition coefficient (Wildman–Crippen LogP) is -0.868. The Bertz CT molecular complexity index is 299. The molecule has 0 radical (unpaired) electrons. The Hall–Kier alpha value is -1.18. The summed E-state index contributed by atoms with van der Waals surface area (Å²) < 4.78 is 4.80. The Morgan fingerprint density at radius 3 is 2.55 bits per heavy atom. The van der Waals surface area contributed by atoms with Gasteiger partial charge >= 0.3 is 0 Å². The first kappa shape index (κ1) is 18.8. The average Bonchev–Trinajstić information content (AvgIpc) is 2.43. The second kappa shape index (κ2) is 10.6. The Labute approximate surface area is 120 Å². The number of unbranched alkanes of at least 4 members (excludes halogenated alkanes) is 1. The molecule has 0 rings (SSSR count). The molecule has 0 aliphatic carbocycles. The van der Waals surface area contributed by atoms with Crippen LogP contribution in [0.2, 0.25) is 0 Å². The van der Waals surface area contributed by atoms with Crippen molar-refractivity contribution in [1.29, 1.82) is 0 Å². The van der Waals surface area contributed by atoms with Crippen LogP contribution in [0.5, 0.6) is 0 Å². The highest BCUT2D eigenvalue weighted by Gasteiger charge is 2.25. The van der Waals surface area contributed by atoms with Gasteiger partial charge in [-0.15, -0.1) is 0 Å². The lowest BCUT2D eigenvalue weighted by Gasteiger charge is -2.20. The largest absolute Gasteiger partial charge is 0.383 e. The number of amides is 2. The zero-order valence-electron chi connectivity index (χ0n) is 12.5. The van der Waals surface area contributed by atoms with Gasteiger partial charge in [-0.25, -0.2) is 0 Å². The average molecular weight is 289 g/mol. The van der Waals surface area contributed by atoms with Crippen molar-refractivity contribution in [3.8, 4) is 0 Å². The third-order valence-corrected chi connectivity index (χ3v) is 2.92. The van der Waals surface area contributed by atoms with Crippen molar-refractivity contribution in [3.05, 3.63) is 0 Å². The van der Waals surface area contributed by atoms with Gasteiger partial charge < -0.3 is 26.2 Å². The molecule has 0 heterocycles. The van der Waals surface area contributed by atoms with Crippen LogP contribution >= 0.6 is 0 Å². The lowest BCUT2D eigenvalue weighted by molar-refractivity contribution is -0.134. The molecule has 118 valence electrons. The van der Waals surface area contributed by atoms with Crippen LogP contribution in [0, 0.1) is 0 Å². The highest BCUT2D eigenvalue weighted by molar-refractivity contribution is 5.89. The number of methoxy groups -OCH3 is 1. The maximum absolute atomic E-state index is 11.7. The molecule has 0 bridgehead atoms.